The monoisotopic (exact) mass is 355 g/mol. The number of hydrogen-bond acceptors (Lipinski definition) is 7. The zero-order chi connectivity index (χ0) is 17.0. The molecule has 0 radical (unpaired) electrons. The number of aryl methyl sites for hydroxylation is 2. The van der Waals surface area contributed by atoms with Gasteiger partial charge in [-0.2, -0.15) is 0 Å². The highest BCUT2D eigenvalue weighted by Crippen LogP contribution is 2.22. The maximum atomic E-state index is 12.4. The highest BCUT2D eigenvalue weighted by Gasteiger charge is 2.29. The molecule has 0 aliphatic carbocycles. The molecule has 2 heterocycles. The van der Waals surface area contributed by atoms with Gasteiger partial charge < -0.3 is 9.64 Å². The predicted molar refractivity (Wildman–Crippen MR) is 91.8 cm³/mol. The summed E-state index contributed by atoms with van der Waals surface area (Å²) in [6.45, 7) is 6.94. The topological polar surface area (TPSA) is 72.4 Å². The lowest BCUT2D eigenvalue weighted by atomic mass is 10.2. The Kier molecular flexibility index (Phi) is 6.29. The molecule has 6 nitrogen and oxygen atoms in total. The number of aromatic nitrogens is 2. The van der Waals surface area contributed by atoms with E-state index in [1.807, 2.05) is 20.8 Å². The van der Waals surface area contributed by atoms with Gasteiger partial charge in [-0.15, -0.1) is 11.8 Å². The van der Waals surface area contributed by atoms with Crippen molar-refractivity contribution in [1.82, 2.24) is 14.9 Å². The van der Waals surface area contributed by atoms with Crippen molar-refractivity contribution in [2.24, 2.45) is 0 Å². The number of thioether (sulfide) groups is 2. The van der Waals surface area contributed by atoms with E-state index in [0.717, 1.165) is 22.7 Å². The summed E-state index contributed by atoms with van der Waals surface area (Å²) in [5.41, 5.74) is 2.95. The van der Waals surface area contributed by atoms with E-state index < -0.39 is 0 Å². The van der Waals surface area contributed by atoms with Crippen molar-refractivity contribution in [3.63, 3.8) is 0 Å². The average molecular weight is 355 g/mol. The highest BCUT2D eigenvalue weighted by molar-refractivity contribution is 8.00. The Hall–Kier alpha value is -1.28. The summed E-state index contributed by atoms with van der Waals surface area (Å²) in [6, 6.07) is 0. The number of carbonyl (C=O) groups excluding carboxylic acids is 2. The normalized spacial score (nSPS) is 17.9. The smallest absolute Gasteiger partial charge is 0.320 e. The number of amides is 1. The standard InChI is InChI=1S/C15H21N3O3S2/c1-9-10(2)16-15(17-11(9)3)23-8-13(19)18-5-6-22-12(7-18)14(20)21-4/h12H,5-8H2,1-4H3/t12-/m1/s1. The van der Waals surface area contributed by atoms with Crippen molar-refractivity contribution in [2.45, 2.75) is 31.2 Å². The van der Waals surface area contributed by atoms with E-state index in [-0.39, 0.29) is 22.9 Å². The van der Waals surface area contributed by atoms with Crippen LogP contribution in [0.1, 0.15) is 17.0 Å². The molecule has 1 aliphatic heterocycles. The van der Waals surface area contributed by atoms with E-state index in [2.05, 4.69) is 9.97 Å². The molecule has 0 unspecified atom stereocenters. The van der Waals surface area contributed by atoms with Gasteiger partial charge in [-0.05, 0) is 26.3 Å². The Morgan fingerprint density at radius 3 is 2.57 bits per heavy atom. The van der Waals surface area contributed by atoms with Crippen LogP contribution < -0.4 is 0 Å². The van der Waals surface area contributed by atoms with E-state index >= 15 is 0 Å². The maximum Gasteiger partial charge on any atom is 0.320 e. The Morgan fingerprint density at radius 2 is 1.96 bits per heavy atom. The van der Waals surface area contributed by atoms with Crippen molar-refractivity contribution in [3.8, 4) is 0 Å². The van der Waals surface area contributed by atoms with E-state index in [1.165, 1.54) is 30.6 Å². The number of hydrogen-bond donors (Lipinski definition) is 0. The average Bonchev–Trinajstić information content (AvgIpc) is 2.56. The van der Waals surface area contributed by atoms with Gasteiger partial charge in [0.25, 0.3) is 0 Å². The van der Waals surface area contributed by atoms with Gasteiger partial charge >= 0.3 is 5.97 Å². The first-order chi connectivity index (χ1) is 10.9. The van der Waals surface area contributed by atoms with Crippen molar-refractivity contribution >= 4 is 35.4 Å². The number of carbonyl (C=O) groups is 2. The molecule has 0 bridgehead atoms. The summed E-state index contributed by atoms with van der Waals surface area (Å²) in [6.07, 6.45) is 0. The minimum Gasteiger partial charge on any atom is -0.468 e. The molecular weight excluding hydrogens is 334 g/mol. The molecular formula is C15H21N3O3S2. The van der Waals surface area contributed by atoms with Gasteiger partial charge in [0, 0.05) is 30.2 Å². The number of methoxy groups -OCH3 is 1. The zero-order valence-electron chi connectivity index (χ0n) is 13.8. The minimum atomic E-state index is -0.289. The second-order valence-electron chi connectivity index (χ2n) is 5.31. The van der Waals surface area contributed by atoms with Crippen molar-refractivity contribution in [3.05, 3.63) is 17.0 Å². The molecule has 1 atom stereocenters. The summed E-state index contributed by atoms with van der Waals surface area (Å²) in [4.78, 5) is 34.5. The lowest BCUT2D eigenvalue weighted by Crippen LogP contribution is -2.45. The molecule has 126 valence electrons. The molecule has 1 saturated heterocycles. The Labute approximate surface area is 144 Å². The third-order valence-corrected chi connectivity index (χ3v) is 5.81. The van der Waals surface area contributed by atoms with Gasteiger partial charge in [0.1, 0.15) is 5.25 Å². The number of nitrogens with zero attached hydrogens (tertiary/aromatic N) is 3. The SMILES string of the molecule is COC(=O)[C@H]1CN(C(=O)CSc2nc(C)c(C)c(C)n2)CCS1. The molecule has 0 saturated carbocycles. The van der Waals surface area contributed by atoms with Crippen LogP contribution >= 0.6 is 23.5 Å². The molecule has 1 aromatic heterocycles. The van der Waals surface area contributed by atoms with Crippen LogP contribution in [-0.4, -0.2) is 63.7 Å². The fraction of sp³-hybridized carbons (Fsp3) is 0.600. The Balaban J connectivity index is 1.93. The lowest BCUT2D eigenvalue weighted by Gasteiger charge is -2.30. The summed E-state index contributed by atoms with van der Waals surface area (Å²) < 4.78 is 4.76. The summed E-state index contributed by atoms with van der Waals surface area (Å²) in [7, 11) is 1.37. The highest BCUT2D eigenvalue weighted by atomic mass is 32.2. The van der Waals surface area contributed by atoms with Crippen molar-refractivity contribution in [1.29, 1.82) is 0 Å². The van der Waals surface area contributed by atoms with Gasteiger partial charge in [-0.1, -0.05) is 11.8 Å². The van der Waals surface area contributed by atoms with Crippen molar-refractivity contribution in [2.75, 3.05) is 31.7 Å². The molecule has 0 aromatic carbocycles. The van der Waals surface area contributed by atoms with E-state index in [9.17, 15) is 9.59 Å². The second-order valence-corrected chi connectivity index (χ2v) is 7.57. The predicted octanol–water partition coefficient (Wildman–Crippen LogP) is 1.61. The van der Waals surface area contributed by atoms with E-state index in [1.54, 1.807) is 4.90 Å². The molecule has 8 heteroatoms. The van der Waals surface area contributed by atoms with Gasteiger partial charge in [-0.25, -0.2) is 9.97 Å². The zero-order valence-corrected chi connectivity index (χ0v) is 15.4. The number of rotatable bonds is 4. The van der Waals surface area contributed by atoms with Gasteiger partial charge in [0.2, 0.25) is 5.91 Å². The van der Waals surface area contributed by atoms with Crippen LogP contribution in [-0.2, 0) is 14.3 Å². The quantitative estimate of drug-likeness (QED) is 0.461. The van der Waals surface area contributed by atoms with Crippen LogP contribution in [0.5, 0.6) is 0 Å². The molecule has 2 rings (SSSR count). The first-order valence-electron chi connectivity index (χ1n) is 7.34. The first kappa shape index (κ1) is 18.1. The minimum absolute atomic E-state index is 0.00341. The van der Waals surface area contributed by atoms with Crippen LogP contribution in [0, 0.1) is 20.8 Å². The van der Waals surface area contributed by atoms with E-state index in [4.69, 9.17) is 4.74 Å². The molecule has 0 spiro atoms. The van der Waals surface area contributed by atoms with Crippen LogP contribution in [0.2, 0.25) is 0 Å². The van der Waals surface area contributed by atoms with Crippen molar-refractivity contribution < 1.29 is 14.3 Å². The van der Waals surface area contributed by atoms with E-state index in [0.29, 0.717) is 18.2 Å². The van der Waals surface area contributed by atoms with Crippen LogP contribution in [0.15, 0.2) is 5.16 Å². The summed E-state index contributed by atoms with van der Waals surface area (Å²) in [5.74, 6) is 0.757. The molecule has 1 fully saturated rings. The van der Waals surface area contributed by atoms with Crippen LogP contribution in [0.25, 0.3) is 0 Å². The van der Waals surface area contributed by atoms with Crippen LogP contribution in [0.3, 0.4) is 0 Å². The van der Waals surface area contributed by atoms with Crippen LogP contribution in [0.4, 0.5) is 0 Å². The Morgan fingerprint density at radius 1 is 1.30 bits per heavy atom. The molecule has 23 heavy (non-hydrogen) atoms. The van der Waals surface area contributed by atoms with Gasteiger partial charge in [0.05, 0.1) is 12.9 Å². The first-order valence-corrected chi connectivity index (χ1v) is 9.37. The largest absolute Gasteiger partial charge is 0.468 e. The van der Waals surface area contributed by atoms with Gasteiger partial charge in [-0.3, -0.25) is 9.59 Å². The molecule has 1 aromatic rings. The molecule has 0 N–H and O–H groups in total. The maximum absolute atomic E-state index is 12.4. The summed E-state index contributed by atoms with van der Waals surface area (Å²) in [5, 5.41) is 0.331. The number of esters is 1. The summed E-state index contributed by atoms with van der Waals surface area (Å²) >= 11 is 2.88. The second kappa shape index (κ2) is 8.01. The molecule has 1 amide bonds. The fourth-order valence-electron chi connectivity index (χ4n) is 2.17. The number of ether oxygens (including phenoxy) is 1. The fourth-order valence-corrected chi connectivity index (χ4v) is 4.14. The van der Waals surface area contributed by atoms with Gasteiger partial charge in [0.15, 0.2) is 5.16 Å². The lowest BCUT2D eigenvalue weighted by molar-refractivity contribution is -0.141. The third-order valence-electron chi connectivity index (χ3n) is 3.82. The Bertz CT molecular complexity index is 587. The third kappa shape index (κ3) is 4.60. The molecule has 1 aliphatic rings.